The van der Waals surface area contributed by atoms with Crippen LogP contribution in [0.5, 0.6) is 0 Å². The number of carbonyl (C=O) groups is 1. The molecule has 76 valence electrons. The number of amides is 1. The summed E-state index contributed by atoms with van der Waals surface area (Å²) in [5, 5.41) is 2.82. The molecular weight excluding hydrogens is 176 g/mol. The van der Waals surface area contributed by atoms with Crippen LogP contribution in [0.2, 0.25) is 0 Å². The van der Waals surface area contributed by atoms with Gasteiger partial charge in [0, 0.05) is 12.1 Å². The Balaban J connectivity index is 2.58. The van der Waals surface area contributed by atoms with Gasteiger partial charge in [0.2, 0.25) is 5.91 Å². The third kappa shape index (κ3) is 2.83. The maximum Gasteiger partial charge on any atom is 0.227 e. The van der Waals surface area contributed by atoms with Crippen LogP contribution < -0.4 is 5.32 Å². The average Bonchev–Trinajstić information content (AvgIpc) is 2.18. The molecule has 14 heavy (non-hydrogen) atoms. The molecule has 1 heterocycles. The Morgan fingerprint density at radius 3 is 2.64 bits per heavy atom. The molecule has 0 aromatic carbocycles. The number of nitrogens with one attached hydrogen (secondary N) is 1. The van der Waals surface area contributed by atoms with Crippen molar-refractivity contribution in [3.05, 3.63) is 24.5 Å². The lowest BCUT2D eigenvalue weighted by Crippen LogP contribution is -2.24. The predicted molar refractivity (Wildman–Crippen MR) is 56.9 cm³/mol. The van der Waals surface area contributed by atoms with Crippen molar-refractivity contribution in [3.8, 4) is 0 Å². The second-order valence-electron chi connectivity index (χ2n) is 3.76. The SMILES string of the molecule is CC(C)C(C)C(=O)Nc1cccnc1. The molecule has 0 aliphatic rings. The first-order valence-electron chi connectivity index (χ1n) is 4.82. The van der Waals surface area contributed by atoms with Crippen LogP contribution >= 0.6 is 0 Å². The minimum absolute atomic E-state index is 0.0233. The van der Waals surface area contributed by atoms with Crippen LogP contribution in [0.15, 0.2) is 24.5 Å². The molecule has 1 aromatic rings. The number of nitrogens with zero attached hydrogens (tertiary/aromatic N) is 1. The first-order chi connectivity index (χ1) is 6.61. The van der Waals surface area contributed by atoms with Crippen molar-refractivity contribution in [2.75, 3.05) is 5.32 Å². The fraction of sp³-hybridized carbons (Fsp3) is 0.455. The van der Waals surface area contributed by atoms with Crippen LogP contribution in [0.3, 0.4) is 0 Å². The number of pyridine rings is 1. The fourth-order valence-corrected chi connectivity index (χ4v) is 0.996. The molecule has 0 aliphatic carbocycles. The minimum Gasteiger partial charge on any atom is -0.324 e. The fourth-order valence-electron chi connectivity index (χ4n) is 0.996. The summed E-state index contributed by atoms with van der Waals surface area (Å²) in [6, 6.07) is 3.63. The monoisotopic (exact) mass is 192 g/mol. The van der Waals surface area contributed by atoms with Crippen LogP contribution in [-0.4, -0.2) is 10.9 Å². The minimum atomic E-state index is 0.0233. The highest BCUT2D eigenvalue weighted by Crippen LogP contribution is 2.12. The zero-order chi connectivity index (χ0) is 10.6. The molecule has 0 radical (unpaired) electrons. The quantitative estimate of drug-likeness (QED) is 0.798. The van der Waals surface area contributed by atoms with Crippen molar-refractivity contribution in [2.45, 2.75) is 20.8 Å². The topological polar surface area (TPSA) is 42.0 Å². The van der Waals surface area contributed by atoms with Crippen molar-refractivity contribution < 1.29 is 4.79 Å². The Kier molecular flexibility index (Phi) is 3.63. The zero-order valence-corrected chi connectivity index (χ0v) is 8.82. The predicted octanol–water partition coefficient (Wildman–Crippen LogP) is 2.31. The standard InChI is InChI=1S/C11H16N2O/c1-8(2)9(3)11(14)13-10-5-4-6-12-7-10/h4-9H,1-3H3,(H,13,14). The summed E-state index contributed by atoms with van der Waals surface area (Å²) in [5.74, 6) is 0.426. The largest absolute Gasteiger partial charge is 0.324 e. The lowest BCUT2D eigenvalue weighted by molar-refractivity contribution is -0.120. The number of hydrogen-bond donors (Lipinski definition) is 1. The van der Waals surface area contributed by atoms with Gasteiger partial charge in [-0.25, -0.2) is 0 Å². The number of anilines is 1. The van der Waals surface area contributed by atoms with E-state index in [1.54, 1.807) is 18.5 Å². The molecule has 1 unspecified atom stereocenters. The van der Waals surface area contributed by atoms with Gasteiger partial charge in [0.25, 0.3) is 0 Å². The molecule has 0 fully saturated rings. The molecule has 1 N–H and O–H groups in total. The van der Waals surface area contributed by atoms with E-state index < -0.39 is 0 Å². The molecule has 0 bridgehead atoms. The smallest absolute Gasteiger partial charge is 0.227 e. The molecule has 0 aliphatic heterocycles. The van der Waals surface area contributed by atoms with Crippen LogP contribution in [0.1, 0.15) is 20.8 Å². The van der Waals surface area contributed by atoms with E-state index in [-0.39, 0.29) is 11.8 Å². The van der Waals surface area contributed by atoms with Gasteiger partial charge in [-0.15, -0.1) is 0 Å². The first-order valence-corrected chi connectivity index (χ1v) is 4.82. The van der Waals surface area contributed by atoms with Gasteiger partial charge >= 0.3 is 0 Å². The summed E-state index contributed by atoms with van der Waals surface area (Å²) in [6.07, 6.45) is 3.33. The van der Waals surface area contributed by atoms with E-state index in [9.17, 15) is 4.79 Å². The Morgan fingerprint density at radius 1 is 1.43 bits per heavy atom. The normalized spacial score (nSPS) is 12.6. The van der Waals surface area contributed by atoms with Crippen molar-refractivity contribution in [1.82, 2.24) is 4.98 Å². The summed E-state index contributed by atoms with van der Waals surface area (Å²) in [7, 11) is 0. The molecule has 0 spiro atoms. The third-order valence-electron chi connectivity index (χ3n) is 2.34. The Hall–Kier alpha value is -1.38. The first kappa shape index (κ1) is 10.7. The van der Waals surface area contributed by atoms with Gasteiger partial charge in [0.05, 0.1) is 11.9 Å². The summed E-state index contributed by atoms with van der Waals surface area (Å²) < 4.78 is 0. The van der Waals surface area contributed by atoms with Gasteiger partial charge in [0.15, 0.2) is 0 Å². The van der Waals surface area contributed by atoms with E-state index in [4.69, 9.17) is 0 Å². The van der Waals surface area contributed by atoms with Crippen molar-refractivity contribution in [1.29, 1.82) is 0 Å². The van der Waals surface area contributed by atoms with Crippen molar-refractivity contribution in [2.24, 2.45) is 11.8 Å². The second kappa shape index (κ2) is 4.74. The van der Waals surface area contributed by atoms with E-state index in [1.165, 1.54) is 0 Å². The molecule has 3 nitrogen and oxygen atoms in total. The summed E-state index contributed by atoms with van der Waals surface area (Å²) in [4.78, 5) is 15.5. The van der Waals surface area contributed by atoms with Crippen LogP contribution in [-0.2, 0) is 4.79 Å². The van der Waals surface area contributed by atoms with E-state index in [0.717, 1.165) is 5.69 Å². The Bertz CT molecular complexity index is 295. The maximum atomic E-state index is 11.6. The average molecular weight is 192 g/mol. The highest BCUT2D eigenvalue weighted by Gasteiger charge is 2.16. The van der Waals surface area contributed by atoms with Crippen LogP contribution in [0.4, 0.5) is 5.69 Å². The third-order valence-corrected chi connectivity index (χ3v) is 2.34. The summed E-state index contributed by atoms with van der Waals surface area (Å²) in [6.45, 7) is 6.00. The molecule has 0 saturated carbocycles. The molecule has 0 saturated heterocycles. The lowest BCUT2D eigenvalue weighted by Gasteiger charge is -2.14. The maximum absolute atomic E-state index is 11.6. The van der Waals surface area contributed by atoms with Crippen LogP contribution in [0.25, 0.3) is 0 Å². The highest BCUT2D eigenvalue weighted by atomic mass is 16.1. The molecule has 1 rings (SSSR count). The van der Waals surface area contributed by atoms with Crippen molar-refractivity contribution >= 4 is 11.6 Å². The van der Waals surface area contributed by atoms with Gasteiger partial charge in [0.1, 0.15) is 0 Å². The lowest BCUT2D eigenvalue weighted by atomic mass is 9.97. The van der Waals surface area contributed by atoms with Gasteiger partial charge in [-0.3, -0.25) is 9.78 Å². The highest BCUT2D eigenvalue weighted by molar-refractivity contribution is 5.92. The number of aromatic nitrogens is 1. The number of hydrogen-bond acceptors (Lipinski definition) is 2. The van der Waals surface area contributed by atoms with Gasteiger partial charge in [-0.05, 0) is 18.1 Å². The summed E-state index contributed by atoms with van der Waals surface area (Å²) >= 11 is 0. The Labute approximate surface area is 84.6 Å². The van der Waals surface area contributed by atoms with E-state index in [2.05, 4.69) is 10.3 Å². The van der Waals surface area contributed by atoms with Crippen LogP contribution in [0, 0.1) is 11.8 Å². The molecule has 1 atom stereocenters. The molecular formula is C11H16N2O. The number of rotatable bonds is 3. The van der Waals surface area contributed by atoms with Gasteiger partial charge in [-0.1, -0.05) is 20.8 Å². The molecule has 3 heteroatoms. The second-order valence-corrected chi connectivity index (χ2v) is 3.76. The van der Waals surface area contributed by atoms with E-state index >= 15 is 0 Å². The van der Waals surface area contributed by atoms with Gasteiger partial charge < -0.3 is 5.32 Å². The molecule has 1 aromatic heterocycles. The Morgan fingerprint density at radius 2 is 2.14 bits per heavy atom. The van der Waals surface area contributed by atoms with E-state index in [0.29, 0.717) is 5.92 Å². The van der Waals surface area contributed by atoms with E-state index in [1.807, 2.05) is 26.8 Å². The van der Waals surface area contributed by atoms with Gasteiger partial charge in [-0.2, -0.15) is 0 Å². The zero-order valence-electron chi connectivity index (χ0n) is 8.82. The number of carbonyl (C=O) groups excluding carboxylic acids is 1. The van der Waals surface area contributed by atoms with Crippen molar-refractivity contribution in [3.63, 3.8) is 0 Å². The summed E-state index contributed by atoms with van der Waals surface area (Å²) in [5.41, 5.74) is 0.755. The molecule has 1 amide bonds.